The van der Waals surface area contributed by atoms with Crippen molar-refractivity contribution in [2.75, 3.05) is 0 Å². The Morgan fingerprint density at radius 2 is 1.67 bits per heavy atom. The van der Waals surface area contributed by atoms with Crippen LogP contribution >= 0.6 is 0 Å². The van der Waals surface area contributed by atoms with Crippen LogP contribution in [0.3, 0.4) is 0 Å². The van der Waals surface area contributed by atoms with Crippen LogP contribution in [0.4, 0.5) is 4.39 Å². The minimum atomic E-state index is -0.918. The van der Waals surface area contributed by atoms with E-state index >= 15 is 0 Å². The van der Waals surface area contributed by atoms with Crippen molar-refractivity contribution in [1.82, 2.24) is 0 Å². The smallest absolute Gasteiger partial charge is 0.129 e. The average molecular weight is 286 g/mol. The van der Waals surface area contributed by atoms with Gasteiger partial charge in [-0.3, -0.25) is 0 Å². The molecule has 0 heterocycles. The topological polar surface area (TPSA) is 20.2 Å². The Bertz CT molecular complexity index is 591. The van der Waals surface area contributed by atoms with Crippen molar-refractivity contribution >= 4 is 0 Å². The molecule has 2 heteroatoms. The maximum Gasteiger partial charge on any atom is 0.129 e. The summed E-state index contributed by atoms with van der Waals surface area (Å²) in [7, 11) is 0. The van der Waals surface area contributed by atoms with Crippen molar-refractivity contribution in [3.63, 3.8) is 0 Å². The van der Waals surface area contributed by atoms with E-state index in [1.807, 2.05) is 44.2 Å². The SMILES string of the molecule is Cc1cc(C)c(C(O)c2ccc(CC(C)C)cc2)c(F)c1. The summed E-state index contributed by atoms with van der Waals surface area (Å²) in [6.45, 7) is 8.04. The molecule has 0 aromatic heterocycles. The zero-order chi connectivity index (χ0) is 15.6. The summed E-state index contributed by atoms with van der Waals surface area (Å²) >= 11 is 0. The van der Waals surface area contributed by atoms with E-state index in [9.17, 15) is 9.50 Å². The lowest BCUT2D eigenvalue weighted by Gasteiger charge is -2.16. The van der Waals surface area contributed by atoms with E-state index < -0.39 is 6.10 Å². The van der Waals surface area contributed by atoms with E-state index in [1.165, 1.54) is 11.6 Å². The molecule has 1 atom stereocenters. The Labute approximate surface area is 126 Å². The van der Waals surface area contributed by atoms with Crippen LogP contribution in [-0.2, 0) is 6.42 Å². The minimum absolute atomic E-state index is 0.341. The number of aryl methyl sites for hydroxylation is 2. The molecule has 1 unspecified atom stereocenters. The molecule has 0 aliphatic rings. The molecule has 0 saturated heterocycles. The first-order valence-electron chi connectivity index (χ1n) is 7.42. The Balaban J connectivity index is 2.30. The maximum absolute atomic E-state index is 14.1. The van der Waals surface area contributed by atoms with Gasteiger partial charge in [0, 0.05) is 5.56 Å². The summed E-state index contributed by atoms with van der Waals surface area (Å²) in [5.74, 6) is 0.254. The highest BCUT2D eigenvalue weighted by Crippen LogP contribution is 2.28. The lowest BCUT2D eigenvalue weighted by Crippen LogP contribution is -2.06. The first-order chi connectivity index (χ1) is 9.88. The number of halogens is 1. The molecular weight excluding hydrogens is 263 g/mol. The van der Waals surface area contributed by atoms with Gasteiger partial charge in [-0.05, 0) is 54.5 Å². The number of rotatable bonds is 4. The number of aliphatic hydroxyl groups excluding tert-OH is 1. The van der Waals surface area contributed by atoms with Crippen molar-refractivity contribution in [2.24, 2.45) is 5.92 Å². The van der Waals surface area contributed by atoms with Gasteiger partial charge < -0.3 is 5.11 Å². The average Bonchev–Trinajstić information content (AvgIpc) is 2.37. The van der Waals surface area contributed by atoms with E-state index in [-0.39, 0.29) is 5.82 Å². The van der Waals surface area contributed by atoms with E-state index in [0.29, 0.717) is 11.5 Å². The number of benzene rings is 2. The standard InChI is InChI=1S/C19H23FO/c1-12(2)9-15-5-7-16(8-6-15)19(21)18-14(4)10-13(3)11-17(18)20/h5-8,10-12,19,21H,9H2,1-4H3. The molecule has 0 aliphatic heterocycles. The molecule has 0 aliphatic carbocycles. The molecule has 2 aromatic rings. The van der Waals surface area contributed by atoms with Crippen LogP contribution in [0.15, 0.2) is 36.4 Å². The zero-order valence-corrected chi connectivity index (χ0v) is 13.2. The van der Waals surface area contributed by atoms with Gasteiger partial charge in [0.15, 0.2) is 0 Å². The van der Waals surface area contributed by atoms with Gasteiger partial charge in [-0.25, -0.2) is 4.39 Å². The van der Waals surface area contributed by atoms with Crippen molar-refractivity contribution in [3.8, 4) is 0 Å². The molecule has 21 heavy (non-hydrogen) atoms. The molecule has 0 radical (unpaired) electrons. The van der Waals surface area contributed by atoms with E-state index in [1.54, 1.807) is 0 Å². The van der Waals surface area contributed by atoms with Gasteiger partial charge in [-0.2, -0.15) is 0 Å². The second kappa shape index (κ2) is 6.40. The van der Waals surface area contributed by atoms with Crippen LogP contribution in [0.25, 0.3) is 0 Å². The first kappa shape index (κ1) is 15.7. The fraction of sp³-hybridized carbons (Fsp3) is 0.368. The summed E-state index contributed by atoms with van der Waals surface area (Å²) in [6.07, 6.45) is 0.0904. The van der Waals surface area contributed by atoms with Crippen molar-refractivity contribution < 1.29 is 9.50 Å². The molecule has 112 valence electrons. The lowest BCUT2D eigenvalue weighted by molar-refractivity contribution is 0.214. The Kier molecular flexibility index (Phi) is 4.79. The number of hydrogen-bond donors (Lipinski definition) is 1. The molecule has 0 fully saturated rings. The molecule has 2 rings (SSSR count). The fourth-order valence-electron chi connectivity index (χ4n) is 2.75. The summed E-state index contributed by atoms with van der Waals surface area (Å²) < 4.78 is 14.1. The molecule has 0 saturated carbocycles. The van der Waals surface area contributed by atoms with Gasteiger partial charge in [0.1, 0.15) is 11.9 Å². The second-order valence-electron chi connectivity index (χ2n) is 6.22. The predicted octanol–water partition coefficient (Wildman–Crippen LogP) is 4.72. The van der Waals surface area contributed by atoms with Crippen molar-refractivity contribution in [3.05, 3.63) is 70.0 Å². The first-order valence-corrected chi connectivity index (χ1v) is 7.42. The van der Waals surface area contributed by atoms with Gasteiger partial charge in [0.2, 0.25) is 0 Å². The predicted molar refractivity (Wildman–Crippen MR) is 84.9 cm³/mol. The molecule has 0 amide bonds. The zero-order valence-electron chi connectivity index (χ0n) is 13.2. The highest BCUT2D eigenvalue weighted by atomic mass is 19.1. The summed E-state index contributed by atoms with van der Waals surface area (Å²) in [6, 6.07) is 11.2. The third-order valence-electron chi connectivity index (χ3n) is 3.69. The van der Waals surface area contributed by atoms with Crippen molar-refractivity contribution in [1.29, 1.82) is 0 Å². The molecule has 2 aromatic carbocycles. The number of hydrogen-bond acceptors (Lipinski definition) is 1. The van der Waals surface area contributed by atoms with Gasteiger partial charge in [-0.15, -0.1) is 0 Å². The molecule has 1 N–H and O–H groups in total. The molecular formula is C19H23FO. The van der Waals surface area contributed by atoms with Gasteiger partial charge in [0.05, 0.1) is 0 Å². The monoisotopic (exact) mass is 286 g/mol. The lowest BCUT2D eigenvalue weighted by atomic mass is 9.94. The quantitative estimate of drug-likeness (QED) is 0.862. The van der Waals surface area contributed by atoms with Crippen LogP contribution < -0.4 is 0 Å². The van der Waals surface area contributed by atoms with Crippen LogP contribution in [0.2, 0.25) is 0 Å². The largest absolute Gasteiger partial charge is 0.384 e. The van der Waals surface area contributed by atoms with Gasteiger partial charge >= 0.3 is 0 Å². The summed E-state index contributed by atoms with van der Waals surface area (Å²) in [4.78, 5) is 0. The highest BCUT2D eigenvalue weighted by Gasteiger charge is 2.18. The maximum atomic E-state index is 14.1. The summed E-state index contributed by atoms with van der Waals surface area (Å²) in [5.41, 5.74) is 3.99. The van der Waals surface area contributed by atoms with Crippen LogP contribution in [-0.4, -0.2) is 5.11 Å². The van der Waals surface area contributed by atoms with E-state index in [2.05, 4.69) is 13.8 Å². The fourth-order valence-corrected chi connectivity index (χ4v) is 2.75. The van der Waals surface area contributed by atoms with Gasteiger partial charge in [0.25, 0.3) is 0 Å². The van der Waals surface area contributed by atoms with Crippen LogP contribution in [0, 0.1) is 25.6 Å². The van der Waals surface area contributed by atoms with Crippen LogP contribution in [0.1, 0.15) is 47.8 Å². The molecule has 1 nitrogen and oxygen atoms in total. The Morgan fingerprint density at radius 1 is 1.05 bits per heavy atom. The van der Waals surface area contributed by atoms with E-state index in [0.717, 1.165) is 23.1 Å². The Morgan fingerprint density at radius 3 is 2.19 bits per heavy atom. The Hall–Kier alpha value is -1.67. The third-order valence-corrected chi connectivity index (χ3v) is 3.69. The van der Waals surface area contributed by atoms with Crippen LogP contribution in [0.5, 0.6) is 0 Å². The number of aliphatic hydroxyl groups is 1. The van der Waals surface area contributed by atoms with E-state index in [4.69, 9.17) is 0 Å². The highest BCUT2D eigenvalue weighted by molar-refractivity contribution is 5.39. The van der Waals surface area contributed by atoms with Crippen molar-refractivity contribution in [2.45, 2.75) is 40.2 Å². The normalized spacial score (nSPS) is 12.7. The van der Waals surface area contributed by atoms with Gasteiger partial charge in [-0.1, -0.05) is 44.2 Å². The minimum Gasteiger partial charge on any atom is -0.384 e. The molecule has 0 bridgehead atoms. The second-order valence-corrected chi connectivity index (χ2v) is 6.22. The summed E-state index contributed by atoms with van der Waals surface area (Å²) in [5, 5.41) is 10.5. The third kappa shape index (κ3) is 3.70. The molecule has 0 spiro atoms.